The molecule has 94 valence electrons. The summed E-state index contributed by atoms with van der Waals surface area (Å²) >= 11 is 7.56. The van der Waals surface area contributed by atoms with E-state index >= 15 is 0 Å². The molecule has 0 fully saturated rings. The zero-order valence-corrected chi connectivity index (χ0v) is 11.6. The summed E-state index contributed by atoms with van der Waals surface area (Å²) in [5.74, 6) is 0. The van der Waals surface area contributed by atoms with Gasteiger partial charge in [0, 0.05) is 15.2 Å². The van der Waals surface area contributed by atoms with Crippen molar-refractivity contribution >= 4 is 34.2 Å². The first kappa shape index (κ1) is 13.5. The Balaban J connectivity index is 2.48. The van der Waals surface area contributed by atoms with E-state index in [4.69, 9.17) is 11.6 Å². The lowest BCUT2D eigenvalue weighted by atomic mass is 10.1. The van der Waals surface area contributed by atoms with Crippen molar-refractivity contribution in [1.82, 2.24) is 9.97 Å². The van der Waals surface area contributed by atoms with Gasteiger partial charge in [-0.3, -0.25) is 0 Å². The summed E-state index contributed by atoms with van der Waals surface area (Å²) in [6, 6.07) is 4.98. The zero-order valence-electron chi connectivity index (χ0n) is 8.67. The van der Waals surface area contributed by atoms with Gasteiger partial charge in [0.25, 0.3) is 0 Å². The van der Waals surface area contributed by atoms with Gasteiger partial charge in [-0.05, 0) is 34.7 Å². The molecular formula is C11H5ClF3IN2. The van der Waals surface area contributed by atoms with Crippen molar-refractivity contribution < 1.29 is 13.2 Å². The van der Waals surface area contributed by atoms with E-state index < -0.39 is 11.7 Å². The zero-order chi connectivity index (χ0) is 13.3. The lowest BCUT2D eigenvalue weighted by Gasteiger charge is -2.09. The maximum Gasteiger partial charge on any atom is 0.416 e. The van der Waals surface area contributed by atoms with Crippen LogP contribution in [0.1, 0.15) is 5.56 Å². The van der Waals surface area contributed by atoms with E-state index in [9.17, 15) is 13.2 Å². The third-order valence-electron chi connectivity index (χ3n) is 2.21. The highest BCUT2D eigenvalue weighted by Crippen LogP contribution is 2.33. The minimum atomic E-state index is -4.35. The Kier molecular flexibility index (Phi) is 3.76. The molecule has 1 heterocycles. The third-order valence-corrected chi connectivity index (χ3v) is 3.31. The summed E-state index contributed by atoms with van der Waals surface area (Å²) in [4.78, 5) is 7.70. The largest absolute Gasteiger partial charge is 0.416 e. The van der Waals surface area contributed by atoms with Gasteiger partial charge in [-0.15, -0.1) is 0 Å². The summed E-state index contributed by atoms with van der Waals surface area (Å²) in [6.45, 7) is 0. The first-order chi connectivity index (χ1) is 8.38. The Morgan fingerprint density at radius 2 is 1.83 bits per heavy atom. The summed E-state index contributed by atoms with van der Waals surface area (Å²) in [5.41, 5.74) is 0.400. The molecule has 1 aromatic carbocycles. The molecule has 0 unspecified atom stereocenters. The highest BCUT2D eigenvalue weighted by Gasteiger charge is 2.30. The molecule has 0 amide bonds. The quantitative estimate of drug-likeness (QED) is 0.537. The van der Waals surface area contributed by atoms with Crippen LogP contribution in [0.5, 0.6) is 0 Å². The molecule has 0 spiro atoms. The second-order valence-corrected chi connectivity index (χ2v) is 4.97. The van der Waals surface area contributed by atoms with Crippen LogP contribution in [0.3, 0.4) is 0 Å². The van der Waals surface area contributed by atoms with E-state index in [1.807, 2.05) is 22.6 Å². The number of benzene rings is 1. The summed E-state index contributed by atoms with van der Waals surface area (Å²) in [5, 5.41) is 0.246. The molecule has 0 saturated carbocycles. The molecule has 18 heavy (non-hydrogen) atoms. The van der Waals surface area contributed by atoms with E-state index in [-0.39, 0.29) is 5.15 Å². The molecule has 0 radical (unpaired) electrons. The SMILES string of the molecule is FC(F)(F)c1ccc(-c2cc(Cl)ncn2)c(I)c1. The minimum Gasteiger partial charge on any atom is -0.236 e. The van der Waals surface area contributed by atoms with Gasteiger partial charge in [0.1, 0.15) is 11.5 Å². The maximum atomic E-state index is 12.5. The smallest absolute Gasteiger partial charge is 0.236 e. The molecule has 7 heteroatoms. The number of hydrogen-bond donors (Lipinski definition) is 0. The van der Waals surface area contributed by atoms with E-state index in [1.54, 1.807) is 0 Å². The normalized spacial score (nSPS) is 11.6. The van der Waals surface area contributed by atoms with E-state index in [0.717, 1.165) is 12.1 Å². The van der Waals surface area contributed by atoms with Crippen LogP contribution in [0, 0.1) is 3.57 Å². The first-order valence-corrected chi connectivity index (χ1v) is 6.18. The number of nitrogens with zero attached hydrogens (tertiary/aromatic N) is 2. The van der Waals surface area contributed by atoms with Crippen molar-refractivity contribution in [2.75, 3.05) is 0 Å². The van der Waals surface area contributed by atoms with Crippen LogP contribution in [0.2, 0.25) is 5.15 Å². The molecule has 1 aromatic heterocycles. The van der Waals surface area contributed by atoms with Gasteiger partial charge >= 0.3 is 6.18 Å². The van der Waals surface area contributed by atoms with E-state index in [1.165, 1.54) is 18.5 Å². The lowest BCUT2D eigenvalue weighted by molar-refractivity contribution is -0.137. The molecule has 0 saturated heterocycles. The highest BCUT2D eigenvalue weighted by atomic mass is 127. The third kappa shape index (κ3) is 2.92. The second kappa shape index (κ2) is 5.00. The Bertz CT molecular complexity index is 587. The van der Waals surface area contributed by atoms with Crippen molar-refractivity contribution in [1.29, 1.82) is 0 Å². The average molecular weight is 385 g/mol. The summed E-state index contributed by atoms with van der Waals surface area (Å²) < 4.78 is 38.0. The topological polar surface area (TPSA) is 25.8 Å². The monoisotopic (exact) mass is 384 g/mol. The Hall–Kier alpha value is -0.890. The fourth-order valence-corrected chi connectivity index (χ4v) is 2.32. The van der Waals surface area contributed by atoms with Crippen molar-refractivity contribution in [2.45, 2.75) is 6.18 Å². The number of halogens is 5. The average Bonchev–Trinajstić information content (AvgIpc) is 2.27. The van der Waals surface area contributed by atoms with Gasteiger partial charge in [-0.25, -0.2) is 9.97 Å². The van der Waals surface area contributed by atoms with Crippen LogP contribution in [0.25, 0.3) is 11.3 Å². The summed E-state index contributed by atoms with van der Waals surface area (Å²) in [7, 11) is 0. The van der Waals surface area contributed by atoms with E-state index in [2.05, 4.69) is 9.97 Å². The maximum absolute atomic E-state index is 12.5. The van der Waals surface area contributed by atoms with E-state index in [0.29, 0.717) is 14.8 Å². The molecule has 0 aliphatic heterocycles. The Morgan fingerprint density at radius 1 is 1.11 bits per heavy atom. The highest BCUT2D eigenvalue weighted by molar-refractivity contribution is 14.1. The van der Waals surface area contributed by atoms with Crippen molar-refractivity contribution in [3.63, 3.8) is 0 Å². The van der Waals surface area contributed by atoms with Crippen LogP contribution in [0.15, 0.2) is 30.6 Å². The molecule has 2 nitrogen and oxygen atoms in total. The van der Waals surface area contributed by atoms with Gasteiger partial charge in [-0.1, -0.05) is 17.7 Å². The molecule has 0 atom stereocenters. The second-order valence-electron chi connectivity index (χ2n) is 3.42. The molecular weight excluding hydrogens is 379 g/mol. The van der Waals surface area contributed by atoms with Crippen LogP contribution < -0.4 is 0 Å². The van der Waals surface area contributed by atoms with Crippen molar-refractivity contribution in [2.24, 2.45) is 0 Å². The fraction of sp³-hybridized carbons (Fsp3) is 0.0909. The van der Waals surface area contributed by atoms with Gasteiger partial charge in [0.2, 0.25) is 0 Å². The predicted molar refractivity (Wildman–Crippen MR) is 70.2 cm³/mol. The predicted octanol–water partition coefficient (Wildman–Crippen LogP) is 4.42. The van der Waals surface area contributed by atoms with Crippen LogP contribution in [-0.2, 0) is 6.18 Å². The van der Waals surface area contributed by atoms with Gasteiger partial charge < -0.3 is 0 Å². The number of aromatic nitrogens is 2. The van der Waals surface area contributed by atoms with Gasteiger partial charge in [0.05, 0.1) is 11.3 Å². The fourth-order valence-electron chi connectivity index (χ4n) is 1.38. The molecule has 2 aromatic rings. The minimum absolute atomic E-state index is 0.246. The van der Waals surface area contributed by atoms with Gasteiger partial charge in [0.15, 0.2) is 0 Å². The molecule has 0 bridgehead atoms. The van der Waals surface area contributed by atoms with Crippen LogP contribution >= 0.6 is 34.2 Å². The van der Waals surface area contributed by atoms with Crippen LogP contribution in [-0.4, -0.2) is 9.97 Å². The number of hydrogen-bond acceptors (Lipinski definition) is 2. The van der Waals surface area contributed by atoms with Crippen molar-refractivity contribution in [3.8, 4) is 11.3 Å². The van der Waals surface area contributed by atoms with Crippen molar-refractivity contribution in [3.05, 3.63) is 44.9 Å². The number of alkyl halides is 3. The number of rotatable bonds is 1. The van der Waals surface area contributed by atoms with Crippen LogP contribution in [0.4, 0.5) is 13.2 Å². The molecule has 0 aliphatic rings. The molecule has 0 N–H and O–H groups in total. The Morgan fingerprint density at radius 3 is 2.39 bits per heavy atom. The standard InChI is InChI=1S/C11H5ClF3IN2/c12-10-4-9(17-5-18-10)7-2-1-6(3-8(7)16)11(13,14)15/h1-5H. The summed E-state index contributed by atoms with van der Waals surface area (Å²) in [6.07, 6.45) is -3.08. The molecule has 2 rings (SSSR count). The molecule has 0 aliphatic carbocycles. The lowest BCUT2D eigenvalue weighted by Crippen LogP contribution is -2.05. The Labute approximate surface area is 119 Å². The first-order valence-electron chi connectivity index (χ1n) is 4.72. The van der Waals surface area contributed by atoms with Gasteiger partial charge in [-0.2, -0.15) is 13.2 Å².